The molecule has 2 heterocycles. The molecular weight excluding hydrogens is 244 g/mol. The number of hydrogen-bond donors (Lipinski definition) is 3. The van der Waals surface area contributed by atoms with Crippen LogP contribution in [0.15, 0.2) is 4.90 Å². The number of aromatic amines is 1. The number of aliphatic hydroxyl groups excluding tert-OH is 1. The molecule has 7 nitrogen and oxygen atoms in total. The molecule has 0 aromatic carbocycles. The Hall–Kier alpha value is -1.28. The number of β-amino-alcohol motifs (C(OH)–C–C–N with tert-alkyl or cyclic N) is 1. The van der Waals surface area contributed by atoms with Gasteiger partial charge in [0.05, 0.1) is 6.10 Å². The Morgan fingerprint density at radius 1 is 1.59 bits per heavy atom. The molecule has 0 bridgehead atoms. The van der Waals surface area contributed by atoms with E-state index in [2.05, 4.69) is 10.2 Å². The Balaban J connectivity index is 2.39. The average Bonchev–Trinajstić information content (AvgIpc) is 2.59. The molecule has 0 saturated carbocycles. The Morgan fingerprint density at radius 2 is 2.29 bits per heavy atom. The number of H-pyrrole nitrogens is 1. The normalized spacial score (nSPS) is 21.8. The first-order chi connectivity index (χ1) is 7.89. The summed E-state index contributed by atoms with van der Waals surface area (Å²) in [6.07, 6.45) is 2.17. The summed E-state index contributed by atoms with van der Waals surface area (Å²) in [5, 5.41) is 16.0. The van der Waals surface area contributed by atoms with E-state index in [-0.39, 0.29) is 10.7 Å². The van der Waals surface area contributed by atoms with Crippen molar-refractivity contribution in [1.29, 1.82) is 0 Å². The third kappa shape index (κ3) is 2.37. The topological polar surface area (TPSA) is 112 Å². The molecule has 8 heteroatoms. The highest BCUT2D eigenvalue weighted by molar-refractivity contribution is 7.91. The van der Waals surface area contributed by atoms with Crippen LogP contribution in [-0.2, 0) is 9.84 Å². The molecule has 1 aliphatic heterocycles. The van der Waals surface area contributed by atoms with Crippen LogP contribution >= 0.6 is 0 Å². The smallest absolute Gasteiger partial charge is 0.182 e. The van der Waals surface area contributed by atoms with Crippen molar-refractivity contribution >= 4 is 21.5 Å². The second-order valence-electron chi connectivity index (χ2n) is 4.30. The minimum absolute atomic E-state index is 0.0200. The van der Waals surface area contributed by atoms with Gasteiger partial charge in [-0.2, -0.15) is 5.10 Å². The van der Waals surface area contributed by atoms with E-state index in [1.807, 2.05) is 0 Å². The maximum absolute atomic E-state index is 11.6. The lowest BCUT2D eigenvalue weighted by Gasteiger charge is -2.30. The van der Waals surface area contributed by atoms with Crippen LogP contribution < -0.4 is 10.6 Å². The van der Waals surface area contributed by atoms with Gasteiger partial charge in [0.25, 0.3) is 0 Å². The van der Waals surface area contributed by atoms with Crippen LogP contribution in [0.25, 0.3) is 0 Å². The van der Waals surface area contributed by atoms with Gasteiger partial charge in [0.1, 0.15) is 5.82 Å². The molecule has 4 N–H and O–H groups in total. The van der Waals surface area contributed by atoms with Gasteiger partial charge in [-0.1, -0.05) is 0 Å². The van der Waals surface area contributed by atoms with Gasteiger partial charge in [0, 0.05) is 19.3 Å². The summed E-state index contributed by atoms with van der Waals surface area (Å²) in [4.78, 5) is 1.77. The summed E-state index contributed by atoms with van der Waals surface area (Å²) >= 11 is 0. The molecule has 1 saturated heterocycles. The van der Waals surface area contributed by atoms with Crippen LogP contribution in [0.5, 0.6) is 0 Å². The first-order valence-electron chi connectivity index (χ1n) is 5.36. The zero-order chi connectivity index (χ0) is 12.6. The van der Waals surface area contributed by atoms with Crippen molar-refractivity contribution in [1.82, 2.24) is 10.2 Å². The van der Waals surface area contributed by atoms with E-state index in [1.54, 1.807) is 4.90 Å². The van der Waals surface area contributed by atoms with E-state index in [0.717, 1.165) is 19.1 Å². The van der Waals surface area contributed by atoms with Crippen LogP contribution in [0.3, 0.4) is 0 Å². The first kappa shape index (κ1) is 12.2. The van der Waals surface area contributed by atoms with E-state index in [1.165, 1.54) is 0 Å². The van der Waals surface area contributed by atoms with Crippen molar-refractivity contribution < 1.29 is 13.5 Å². The number of nitrogens with one attached hydrogen (secondary N) is 1. The Morgan fingerprint density at radius 3 is 2.88 bits per heavy atom. The summed E-state index contributed by atoms with van der Waals surface area (Å²) < 4.78 is 23.3. The predicted molar refractivity (Wildman–Crippen MR) is 63.6 cm³/mol. The molecule has 2 rings (SSSR count). The maximum atomic E-state index is 11.6. The third-order valence-corrected chi connectivity index (χ3v) is 3.94. The monoisotopic (exact) mass is 260 g/mol. The fourth-order valence-corrected chi connectivity index (χ4v) is 3.01. The second-order valence-corrected chi connectivity index (χ2v) is 6.26. The fraction of sp³-hybridized carbons (Fsp3) is 0.667. The van der Waals surface area contributed by atoms with Crippen molar-refractivity contribution in [3.8, 4) is 0 Å². The average molecular weight is 260 g/mol. The molecule has 1 aromatic rings. The molecule has 0 amide bonds. The number of nitrogens with zero attached hydrogens (tertiary/aromatic N) is 2. The fourth-order valence-electron chi connectivity index (χ4n) is 2.06. The highest BCUT2D eigenvalue weighted by atomic mass is 32.2. The van der Waals surface area contributed by atoms with Gasteiger partial charge in [-0.25, -0.2) is 8.42 Å². The molecule has 1 aromatic heterocycles. The molecule has 0 radical (unpaired) electrons. The number of nitrogen functional groups attached to an aromatic ring is 1. The number of sulfone groups is 1. The summed E-state index contributed by atoms with van der Waals surface area (Å²) in [5.41, 5.74) is 5.58. The van der Waals surface area contributed by atoms with Crippen LogP contribution in [0.2, 0.25) is 0 Å². The number of aromatic nitrogens is 2. The maximum Gasteiger partial charge on any atom is 0.182 e. The Kier molecular flexibility index (Phi) is 3.00. The molecule has 1 atom stereocenters. The minimum Gasteiger partial charge on any atom is -0.391 e. The van der Waals surface area contributed by atoms with Gasteiger partial charge < -0.3 is 15.7 Å². The number of aliphatic hydroxyl groups is 1. The van der Waals surface area contributed by atoms with Gasteiger partial charge in [0.15, 0.2) is 20.6 Å². The van der Waals surface area contributed by atoms with Crippen molar-refractivity contribution in [2.75, 3.05) is 30.0 Å². The SMILES string of the molecule is CS(=O)(=O)c1c(N2CCCC(O)C2)n[nH]c1N. The van der Waals surface area contributed by atoms with Crippen molar-refractivity contribution in [3.63, 3.8) is 0 Å². The Bertz CT molecular complexity index is 510. The summed E-state index contributed by atoms with van der Waals surface area (Å²) in [7, 11) is -3.43. The number of hydrogen-bond acceptors (Lipinski definition) is 6. The largest absolute Gasteiger partial charge is 0.391 e. The lowest BCUT2D eigenvalue weighted by Crippen LogP contribution is -2.39. The molecule has 1 aliphatic rings. The minimum atomic E-state index is -3.43. The van der Waals surface area contributed by atoms with Crippen LogP contribution in [0.4, 0.5) is 11.6 Å². The van der Waals surface area contributed by atoms with Crippen molar-refractivity contribution in [2.24, 2.45) is 0 Å². The van der Waals surface area contributed by atoms with Crippen LogP contribution in [-0.4, -0.2) is 49.2 Å². The van der Waals surface area contributed by atoms with E-state index < -0.39 is 15.9 Å². The molecule has 0 spiro atoms. The number of anilines is 2. The van der Waals surface area contributed by atoms with Gasteiger partial charge in [-0.05, 0) is 12.8 Å². The van der Waals surface area contributed by atoms with Gasteiger partial charge in [-0.15, -0.1) is 0 Å². The van der Waals surface area contributed by atoms with Gasteiger partial charge in [0.2, 0.25) is 0 Å². The Labute approximate surface area is 99.5 Å². The highest BCUT2D eigenvalue weighted by Crippen LogP contribution is 2.29. The number of nitrogens with two attached hydrogens (primary N) is 1. The lowest BCUT2D eigenvalue weighted by molar-refractivity contribution is 0.153. The van der Waals surface area contributed by atoms with Crippen LogP contribution in [0.1, 0.15) is 12.8 Å². The van der Waals surface area contributed by atoms with E-state index in [0.29, 0.717) is 18.9 Å². The van der Waals surface area contributed by atoms with E-state index in [4.69, 9.17) is 5.73 Å². The highest BCUT2D eigenvalue weighted by Gasteiger charge is 2.28. The number of piperidine rings is 1. The first-order valence-corrected chi connectivity index (χ1v) is 7.25. The molecule has 0 aliphatic carbocycles. The zero-order valence-electron chi connectivity index (χ0n) is 9.55. The quantitative estimate of drug-likeness (QED) is 0.652. The standard InChI is InChI=1S/C9H16N4O3S/c1-17(15,16)7-8(10)11-12-9(7)13-4-2-3-6(14)5-13/h6,14H,2-5H2,1H3,(H3,10,11,12). The summed E-state index contributed by atoms with van der Waals surface area (Å²) in [6.45, 7) is 1.05. The van der Waals surface area contributed by atoms with Gasteiger partial charge in [-0.3, -0.25) is 5.10 Å². The molecular formula is C9H16N4O3S. The zero-order valence-corrected chi connectivity index (χ0v) is 10.4. The third-order valence-electron chi connectivity index (χ3n) is 2.80. The summed E-state index contributed by atoms with van der Waals surface area (Å²) in [5.74, 6) is 0.353. The molecule has 1 unspecified atom stereocenters. The van der Waals surface area contributed by atoms with Crippen LogP contribution in [0, 0.1) is 0 Å². The summed E-state index contributed by atoms with van der Waals surface area (Å²) in [6, 6.07) is 0. The van der Waals surface area contributed by atoms with Gasteiger partial charge >= 0.3 is 0 Å². The molecule has 17 heavy (non-hydrogen) atoms. The van der Waals surface area contributed by atoms with E-state index in [9.17, 15) is 13.5 Å². The lowest BCUT2D eigenvalue weighted by atomic mass is 10.1. The predicted octanol–water partition coefficient (Wildman–Crippen LogP) is -0.643. The van der Waals surface area contributed by atoms with E-state index >= 15 is 0 Å². The molecule has 96 valence electrons. The second kappa shape index (κ2) is 4.19. The van der Waals surface area contributed by atoms with Crippen molar-refractivity contribution in [3.05, 3.63) is 0 Å². The molecule has 1 fully saturated rings. The van der Waals surface area contributed by atoms with Crippen molar-refractivity contribution in [2.45, 2.75) is 23.8 Å². The number of rotatable bonds is 2.